The smallest absolute Gasteiger partial charge is 0.123 e. The van der Waals surface area contributed by atoms with Gasteiger partial charge in [-0.05, 0) is 27.6 Å². The highest BCUT2D eigenvalue weighted by Crippen LogP contribution is 2.24. The van der Waals surface area contributed by atoms with E-state index in [0.29, 0.717) is 5.66 Å². The topological polar surface area (TPSA) is 13.1 Å². The summed E-state index contributed by atoms with van der Waals surface area (Å²) in [5.74, 6) is 1.00. The molecule has 0 saturated heterocycles. The van der Waals surface area contributed by atoms with Crippen LogP contribution in [0.3, 0.4) is 0 Å². The van der Waals surface area contributed by atoms with E-state index in [2.05, 4.69) is 30.4 Å². The maximum atomic E-state index is 5.49. The van der Waals surface area contributed by atoms with Crippen molar-refractivity contribution in [3.63, 3.8) is 0 Å². The Hall–Kier alpha value is -0.810. The summed E-state index contributed by atoms with van der Waals surface area (Å²) < 4.78 is 5.49. The van der Waals surface area contributed by atoms with Gasteiger partial charge in [0.1, 0.15) is 11.3 Å². The second kappa shape index (κ2) is 3.28. The summed E-state index contributed by atoms with van der Waals surface area (Å²) in [6, 6.07) is 4.08. The minimum absolute atomic E-state index is 0.565. The fraction of sp³-hybridized carbons (Fsp3) is 0.200. The van der Waals surface area contributed by atoms with Crippen molar-refractivity contribution in [1.82, 2.24) is 0 Å². The Labute approximate surface area is 73.9 Å². The maximum Gasteiger partial charge on any atom is 0.123 e. The third-order valence-corrected chi connectivity index (χ3v) is 3.07. The largest absolute Gasteiger partial charge is 0.462 e. The highest BCUT2D eigenvalue weighted by molar-refractivity contribution is 7.48. The average molecular weight is 178 g/mol. The van der Waals surface area contributed by atoms with Crippen molar-refractivity contribution in [2.45, 2.75) is 12.6 Å². The molecule has 0 radical (unpaired) electrons. The Morgan fingerprint density at radius 1 is 1.25 bits per heavy atom. The van der Waals surface area contributed by atoms with Crippen LogP contribution in [-0.2, 0) is 0 Å². The molecular weight excluding hydrogens is 167 g/mol. The lowest BCUT2D eigenvalue weighted by Gasteiger charge is -2.00. The van der Waals surface area contributed by atoms with E-state index in [1.54, 1.807) is 0 Å². The minimum Gasteiger partial charge on any atom is -0.462 e. The second-order valence-corrected chi connectivity index (χ2v) is 4.30. The molecule has 0 spiro atoms. The van der Waals surface area contributed by atoms with Gasteiger partial charge in [0.25, 0.3) is 0 Å². The van der Waals surface area contributed by atoms with Gasteiger partial charge in [-0.1, -0.05) is 24.3 Å². The maximum absolute atomic E-state index is 5.49. The molecule has 1 aliphatic rings. The molecule has 1 atom stereocenters. The van der Waals surface area contributed by atoms with Crippen LogP contribution in [0, 0.1) is 6.92 Å². The van der Waals surface area contributed by atoms with Crippen molar-refractivity contribution >= 4 is 14.1 Å². The van der Waals surface area contributed by atoms with Gasteiger partial charge in [0.2, 0.25) is 0 Å². The number of allylic oxidation sites excluding steroid dienone is 4. The molecule has 2 rings (SSSR count). The van der Waals surface area contributed by atoms with Crippen LogP contribution in [0.15, 0.2) is 40.9 Å². The van der Waals surface area contributed by atoms with E-state index in [1.807, 2.05) is 13.0 Å². The quantitative estimate of drug-likeness (QED) is 0.634. The van der Waals surface area contributed by atoms with E-state index < -0.39 is 0 Å². The first kappa shape index (κ1) is 7.82. The summed E-state index contributed by atoms with van der Waals surface area (Å²) >= 11 is 0. The molecule has 1 nitrogen and oxygen atoms in total. The molecule has 0 amide bonds. The molecule has 1 aromatic heterocycles. The first-order valence-electron chi connectivity index (χ1n) is 4.02. The zero-order valence-electron chi connectivity index (χ0n) is 6.95. The summed E-state index contributed by atoms with van der Waals surface area (Å²) in [7, 11) is 0.739. The lowest BCUT2D eigenvalue weighted by Crippen LogP contribution is -1.96. The van der Waals surface area contributed by atoms with Gasteiger partial charge in [0.15, 0.2) is 0 Å². The zero-order chi connectivity index (χ0) is 8.39. The van der Waals surface area contributed by atoms with Crippen molar-refractivity contribution in [3.05, 3.63) is 42.2 Å². The Bertz CT molecular complexity index is 310. The number of rotatable bonds is 2. The molecule has 0 N–H and O–H groups in total. The third-order valence-electron chi connectivity index (χ3n) is 1.80. The summed E-state index contributed by atoms with van der Waals surface area (Å²) in [6.07, 6.45) is 8.59. The average Bonchev–Trinajstić information content (AvgIpc) is 2.63. The van der Waals surface area contributed by atoms with Crippen LogP contribution in [0.2, 0.25) is 0 Å². The SMILES string of the molecule is Cc1ccc(PC2C=CC=C2)o1. The number of furan rings is 1. The molecule has 0 saturated carbocycles. The lowest BCUT2D eigenvalue weighted by molar-refractivity contribution is 0.567. The minimum atomic E-state index is 0.565. The van der Waals surface area contributed by atoms with E-state index >= 15 is 0 Å². The number of hydrogen-bond donors (Lipinski definition) is 0. The fourth-order valence-corrected chi connectivity index (χ4v) is 2.35. The van der Waals surface area contributed by atoms with Crippen LogP contribution in [0.25, 0.3) is 0 Å². The first-order valence-corrected chi connectivity index (χ1v) is 5.10. The molecule has 1 unspecified atom stereocenters. The Kier molecular flexibility index (Phi) is 2.14. The van der Waals surface area contributed by atoms with Gasteiger partial charge in [0, 0.05) is 5.66 Å². The van der Waals surface area contributed by atoms with Crippen LogP contribution in [0.1, 0.15) is 5.76 Å². The van der Waals surface area contributed by atoms with E-state index in [4.69, 9.17) is 4.42 Å². The van der Waals surface area contributed by atoms with Crippen molar-refractivity contribution in [2.75, 3.05) is 0 Å². The monoisotopic (exact) mass is 178 g/mol. The standard InChI is InChI=1S/C10H11OP/c1-8-6-7-10(11-8)12-9-4-2-3-5-9/h2-7,9,12H,1H3. The van der Waals surface area contributed by atoms with Crippen LogP contribution in [0.5, 0.6) is 0 Å². The Morgan fingerprint density at radius 2 is 2.00 bits per heavy atom. The van der Waals surface area contributed by atoms with Gasteiger partial charge in [-0.2, -0.15) is 0 Å². The van der Waals surface area contributed by atoms with Crippen LogP contribution in [-0.4, -0.2) is 5.66 Å². The molecule has 12 heavy (non-hydrogen) atoms. The van der Waals surface area contributed by atoms with Gasteiger partial charge in [-0.25, -0.2) is 0 Å². The highest BCUT2D eigenvalue weighted by Gasteiger charge is 2.06. The molecule has 0 aliphatic heterocycles. The number of aryl methyl sites for hydroxylation is 1. The lowest BCUT2D eigenvalue weighted by atomic mass is 10.5. The molecule has 1 aromatic rings. The fourth-order valence-electron chi connectivity index (χ4n) is 1.20. The normalized spacial score (nSPS) is 17.1. The zero-order valence-corrected chi connectivity index (χ0v) is 7.95. The molecule has 0 aromatic carbocycles. The third kappa shape index (κ3) is 1.67. The van der Waals surface area contributed by atoms with Crippen molar-refractivity contribution < 1.29 is 4.42 Å². The van der Waals surface area contributed by atoms with Gasteiger partial charge in [0.05, 0.1) is 0 Å². The molecular formula is C10H11OP. The first-order chi connectivity index (χ1) is 5.84. The molecule has 1 heterocycles. The second-order valence-electron chi connectivity index (χ2n) is 2.85. The van der Waals surface area contributed by atoms with Crippen molar-refractivity contribution in [1.29, 1.82) is 0 Å². The molecule has 0 bridgehead atoms. The molecule has 2 heteroatoms. The van der Waals surface area contributed by atoms with Gasteiger partial charge in [-0.15, -0.1) is 0 Å². The number of hydrogen-bond acceptors (Lipinski definition) is 1. The van der Waals surface area contributed by atoms with Crippen LogP contribution in [0.4, 0.5) is 0 Å². The Balaban J connectivity index is 2.03. The van der Waals surface area contributed by atoms with E-state index in [1.165, 1.54) is 0 Å². The van der Waals surface area contributed by atoms with Gasteiger partial charge >= 0.3 is 0 Å². The van der Waals surface area contributed by atoms with Crippen molar-refractivity contribution in [3.8, 4) is 0 Å². The predicted octanol–water partition coefficient (Wildman–Crippen LogP) is 2.39. The van der Waals surface area contributed by atoms with Gasteiger partial charge < -0.3 is 4.42 Å². The molecule has 62 valence electrons. The molecule has 0 fully saturated rings. The predicted molar refractivity (Wildman–Crippen MR) is 53.5 cm³/mol. The van der Waals surface area contributed by atoms with Gasteiger partial charge in [-0.3, -0.25) is 0 Å². The van der Waals surface area contributed by atoms with E-state index in [-0.39, 0.29) is 0 Å². The highest BCUT2D eigenvalue weighted by atomic mass is 31.1. The summed E-state index contributed by atoms with van der Waals surface area (Å²) in [5.41, 5.74) is 1.67. The summed E-state index contributed by atoms with van der Waals surface area (Å²) in [4.78, 5) is 0. The summed E-state index contributed by atoms with van der Waals surface area (Å²) in [6.45, 7) is 1.98. The van der Waals surface area contributed by atoms with Crippen LogP contribution < -0.4 is 5.50 Å². The molecule has 1 aliphatic carbocycles. The van der Waals surface area contributed by atoms with E-state index in [0.717, 1.165) is 19.8 Å². The van der Waals surface area contributed by atoms with Crippen molar-refractivity contribution in [2.24, 2.45) is 0 Å². The summed E-state index contributed by atoms with van der Waals surface area (Å²) in [5, 5.41) is 0. The van der Waals surface area contributed by atoms with E-state index in [9.17, 15) is 0 Å². The Morgan fingerprint density at radius 3 is 2.58 bits per heavy atom. The van der Waals surface area contributed by atoms with Crippen LogP contribution >= 0.6 is 8.58 Å².